The second kappa shape index (κ2) is 14.1. The molecule has 272 valence electrons. The zero-order chi connectivity index (χ0) is 36.7. The molecule has 0 bridgehead atoms. The highest BCUT2D eigenvalue weighted by Crippen LogP contribution is 2.43. The predicted molar refractivity (Wildman–Crippen MR) is 189 cm³/mol. The summed E-state index contributed by atoms with van der Waals surface area (Å²) in [5.74, 6) is -0.290. The van der Waals surface area contributed by atoms with Crippen molar-refractivity contribution in [1.29, 1.82) is 0 Å². The van der Waals surface area contributed by atoms with Crippen molar-refractivity contribution in [3.8, 4) is 17.1 Å². The number of carbonyl (C=O) groups is 3. The number of benzene rings is 1. The van der Waals surface area contributed by atoms with Crippen molar-refractivity contribution < 1.29 is 38.4 Å². The number of aromatic nitrogens is 2. The first-order valence-electron chi connectivity index (χ1n) is 18.0. The van der Waals surface area contributed by atoms with Gasteiger partial charge in [0.2, 0.25) is 0 Å². The summed E-state index contributed by atoms with van der Waals surface area (Å²) >= 11 is 0. The van der Waals surface area contributed by atoms with Crippen LogP contribution in [-0.2, 0) is 49.0 Å². The fourth-order valence-corrected chi connectivity index (χ4v) is 7.65. The Balaban J connectivity index is 1.16. The van der Waals surface area contributed by atoms with Gasteiger partial charge in [0, 0.05) is 29.6 Å². The molecule has 0 radical (unpaired) electrons. The number of aryl methyl sites for hydroxylation is 1. The molecule has 0 aliphatic carbocycles. The number of amides is 1. The number of fused-ring (bicyclic) bond motifs is 5. The van der Waals surface area contributed by atoms with Gasteiger partial charge in [0.05, 0.1) is 42.2 Å². The lowest BCUT2D eigenvalue weighted by molar-refractivity contribution is -0.171. The molecule has 1 fully saturated rings. The Morgan fingerprint density at radius 3 is 2.37 bits per heavy atom. The van der Waals surface area contributed by atoms with Gasteiger partial charge in [-0.15, -0.1) is 0 Å². The van der Waals surface area contributed by atoms with E-state index in [2.05, 4.69) is 6.58 Å². The van der Waals surface area contributed by atoms with E-state index in [0.29, 0.717) is 91.9 Å². The van der Waals surface area contributed by atoms with Gasteiger partial charge in [0.1, 0.15) is 23.7 Å². The van der Waals surface area contributed by atoms with E-state index in [0.717, 1.165) is 16.5 Å². The Kier molecular flexibility index (Phi) is 10.0. The molecule has 5 heterocycles. The van der Waals surface area contributed by atoms with Crippen LogP contribution in [0.4, 0.5) is 4.79 Å². The van der Waals surface area contributed by atoms with Gasteiger partial charge in [-0.2, -0.15) is 0 Å². The zero-order valence-corrected chi connectivity index (χ0v) is 30.1. The van der Waals surface area contributed by atoms with Gasteiger partial charge in [-0.25, -0.2) is 9.78 Å². The number of rotatable bonds is 10. The van der Waals surface area contributed by atoms with E-state index in [4.69, 9.17) is 23.9 Å². The van der Waals surface area contributed by atoms with Crippen molar-refractivity contribution in [2.24, 2.45) is 11.3 Å². The normalized spacial score (nSPS) is 18.5. The van der Waals surface area contributed by atoms with Crippen molar-refractivity contribution in [3.63, 3.8) is 0 Å². The van der Waals surface area contributed by atoms with Crippen LogP contribution in [0.15, 0.2) is 41.4 Å². The van der Waals surface area contributed by atoms with E-state index < -0.39 is 29.0 Å². The maximum Gasteiger partial charge on any atom is 0.415 e. The molecule has 1 amide bonds. The summed E-state index contributed by atoms with van der Waals surface area (Å²) in [6.07, 6.45) is 2.89. The summed E-state index contributed by atoms with van der Waals surface area (Å²) in [6, 6.07) is 7.24. The summed E-state index contributed by atoms with van der Waals surface area (Å²) in [5.41, 5.74) is 1.91. The molecule has 0 saturated carbocycles. The molecule has 2 aromatic heterocycles. The molecule has 1 unspecified atom stereocenters. The minimum atomic E-state index is -1.46. The number of nitrogens with zero attached hydrogens (tertiary/aromatic N) is 3. The van der Waals surface area contributed by atoms with E-state index in [1.54, 1.807) is 36.3 Å². The maximum absolute atomic E-state index is 13.7. The first-order valence-corrected chi connectivity index (χ1v) is 18.0. The predicted octanol–water partition coefficient (Wildman–Crippen LogP) is 5.75. The van der Waals surface area contributed by atoms with Gasteiger partial charge in [-0.3, -0.25) is 14.4 Å². The third kappa shape index (κ3) is 6.28. The Morgan fingerprint density at radius 2 is 1.75 bits per heavy atom. The third-order valence-electron chi connectivity index (χ3n) is 10.9. The molecule has 1 saturated heterocycles. The number of hydrogen-bond donors (Lipinski definition) is 1. The average molecular weight is 702 g/mol. The quantitative estimate of drug-likeness (QED) is 0.160. The van der Waals surface area contributed by atoms with E-state index in [1.807, 2.05) is 32.0 Å². The van der Waals surface area contributed by atoms with E-state index in [-0.39, 0.29) is 37.1 Å². The summed E-state index contributed by atoms with van der Waals surface area (Å²) in [4.78, 5) is 59.0. The topological polar surface area (TPSA) is 146 Å². The van der Waals surface area contributed by atoms with Crippen LogP contribution in [0.2, 0.25) is 0 Å². The highest BCUT2D eigenvalue weighted by Gasteiger charge is 2.45. The SMILES string of the molecule is C=C1OCc2c(cc3n(c2=O)Cc2c-3nc3ccc(OC(=O)N4CCC(CCC(C)(C(=O)OCC)C(=O)OCC)CC4)cc3c2CC)C1(O)CC. The van der Waals surface area contributed by atoms with Crippen LogP contribution in [0.3, 0.4) is 0 Å². The molecular formula is C39H47N3O9. The largest absolute Gasteiger partial charge is 0.490 e. The van der Waals surface area contributed by atoms with Crippen LogP contribution in [0.1, 0.15) is 89.0 Å². The Hall–Kier alpha value is -4.71. The summed E-state index contributed by atoms with van der Waals surface area (Å²) in [7, 11) is 0. The summed E-state index contributed by atoms with van der Waals surface area (Å²) in [5, 5.41) is 12.3. The molecule has 0 spiro atoms. The van der Waals surface area contributed by atoms with Gasteiger partial charge in [-0.05, 0) is 95.0 Å². The third-order valence-corrected chi connectivity index (χ3v) is 10.9. The Labute approximate surface area is 297 Å². The second-order valence-electron chi connectivity index (χ2n) is 13.8. The number of carbonyl (C=O) groups excluding carboxylic acids is 3. The number of esters is 2. The lowest BCUT2D eigenvalue weighted by atomic mass is 9.80. The van der Waals surface area contributed by atoms with E-state index in [1.165, 1.54) is 0 Å². The highest BCUT2D eigenvalue weighted by atomic mass is 16.6. The zero-order valence-electron chi connectivity index (χ0n) is 30.1. The van der Waals surface area contributed by atoms with Gasteiger partial charge in [0.15, 0.2) is 5.41 Å². The highest BCUT2D eigenvalue weighted by molar-refractivity contribution is 5.99. The average Bonchev–Trinajstić information content (AvgIpc) is 3.50. The number of hydrogen-bond acceptors (Lipinski definition) is 10. The van der Waals surface area contributed by atoms with Gasteiger partial charge in [-0.1, -0.05) is 20.4 Å². The molecular weight excluding hydrogens is 654 g/mol. The van der Waals surface area contributed by atoms with Gasteiger partial charge < -0.3 is 33.5 Å². The van der Waals surface area contributed by atoms with E-state index >= 15 is 0 Å². The Morgan fingerprint density at radius 1 is 1.06 bits per heavy atom. The number of aliphatic hydroxyl groups is 1. The lowest BCUT2D eigenvalue weighted by Gasteiger charge is -2.35. The van der Waals surface area contributed by atoms with Crippen molar-refractivity contribution >= 4 is 28.9 Å². The first kappa shape index (κ1) is 36.1. The van der Waals surface area contributed by atoms with Crippen LogP contribution < -0.4 is 10.3 Å². The number of ether oxygens (including phenoxy) is 4. The standard InChI is InChI=1S/C39H47N3O9/c1-7-26-27-19-25(51-37(46)41-17-14-24(15-18-41)13-16-38(6,35(44)48-9-3)36(45)49-10-4)11-12-31(27)40-33-28(26)21-42-32(33)20-30-29(34(42)43)22-50-23(5)39(30,47)8-2/h11-12,19-20,24,47H,5,7-10,13-18,21-22H2,1-4,6H3. The van der Waals surface area contributed by atoms with Crippen LogP contribution in [0, 0.1) is 11.3 Å². The number of pyridine rings is 2. The molecule has 6 rings (SSSR count). The summed E-state index contributed by atoms with van der Waals surface area (Å²) in [6.45, 7) is 14.5. The van der Waals surface area contributed by atoms with Gasteiger partial charge >= 0.3 is 18.0 Å². The van der Waals surface area contributed by atoms with Crippen LogP contribution in [0.25, 0.3) is 22.3 Å². The molecule has 1 N–H and O–H groups in total. The fourth-order valence-electron chi connectivity index (χ4n) is 7.65. The minimum absolute atomic E-state index is 0.0543. The first-order chi connectivity index (χ1) is 24.4. The second-order valence-corrected chi connectivity index (χ2v) is 13.8. The molecule has 3 aromatic rings. The molecule has 51 heavy (non-hydrogen) atoms. The number of piperidine rings is 1. The molecule has 12 nitrogen and oxygen atoms in total. The smallest absolute Gasteiger partial charge is 0.415 e. The minimum Gasteiger partial charge on any atom is -0.490 e. The molecule has 3 aliphatic heterocycles. The van der Waals surface area contributed by atoms with E-state index in [9.17, 15) is 24.3 Å². The van der Waals surface area contributed by atoms with Crippen LogP contribution >= 0.6 is 0 Å². The molecule has 1 atom stereocenters. The van der Waals surface area contributed by atoms with Crippen LogP contribution in [0.5, 0.6) is 5.75 Å². The Bertz CT molecular complexity index is 1940. The van der Waals surface area contributed by atoms with Crippen molar-refractivity contribution in [2.45, 2.75) is 91.9 Å². The van der Waals surface area contributed by atoms with Crippen molar-refractivity contribution in [3.05, 3.63) is 69.2 Å². The number of likely N-dealkylation sites (tertiary alicyclic amines) is 1. The lowest BCUT2D eigenvalue weighted by Crippen LogP contribution is -2.42. The fraction of sp³-hybridized carbons (Fsp3) is 0.513. The molecule has 12 heteroatoms. The van der Waals surface area contributed by atoms with Gasteiger partial charge in [0.25, 0.3) is 5.56 Å². The molecule has 1 aromatic carbocycles. The summed E-state index contributed by atoms with van der Waals surface area (Å²) < 4.78 is 23.6. The monoisotopic (exact) mass is 701 g/mol. The van der Waals surface area contributed by atoms with Crippen LogP contribution in [-0.4, -0.2) is 63.9 Å². The van der Waals surface area contributed by atoms with Crippen molar-refractivity contribution in [1.82, 2.24) is 14.5 Å². The van der Waals surface area contributed by atoms with Crippen molar-refractivity contribution in [2.75, 3.05) is 26.3 Å². The maximum atomic E-state index is 13.7. The molecule has 3 aliphatic rings.